The van der Waals surface area contributed by atoms with Crippen LogP contribution in [-0.2, 0) is 6.42 Å². The summed E-state index contributed by atoms with van der Waals surface area (Å²) < 4.78 is 0. The van der Waals surface area contributed by atoms with Crippen LogP contribution in [0, 0.1) is 0 Å². The number of likely N-dealkylation sites (N-methyl/N-ethyl adjacent to an activating group) is 1. The van der Waals surface area contributed by atoms with E-state index in [0.717, 1.165) is 6.42 Å². The third-order valence-corrected chi connectivity index (χ3v) is 4.57. The van der Waals surface area contributed by atoms with Crippen LogP contribution >= 0.6 is 22.9 Å². The zero-order valence-electron chi connectivity index (χ0n) is 11.5. The molecule has 3 nitrogen and oxygen atoms in total. The van der Waals surface area contributed by atoms with Gasteiger partial charge in [0.15, 0.2) is 0 Å². The van der Waals surface area contributed by atoms with Gasteiger partial charge in [0.1, 0.15) is 0 Å². The van der Waals surface area contributed by atoms with Gasteiger partial charge in [-0.3, -0.25) is 4.79 Å². The summed E-state index contributed by atoms with van der Waals surface area (Å²) in [5, 5.41) is 2.45. The molecule has 0 aliphatic carbocycles. The minimum absolute atomic E-state index is 0.0968. The Kier molecular flexibility index (Phi) is 4.68. The topological polar surface area (TPSA) is 46.3 Å². The summed E-state index contributed by atoms with van der Waals surface area (Å²) >= 11 is 7.66. The molecule has 2 N–H and O–H groups in total. The van der Waals surface area contributed by atoms with Crippen LogP contribution in [0.1, 0.15) is 22.2 Å². The predicted molar refractivity (Wildman–Crippen MR) is 85.4 cm³/mol. The van der Waals surface area contributed by atoms with Gasteiger partial charge in [-0.05, 0) is 30.5 Å². The lowest BCUT2D eigenvalue weighted by atomic mass is 10.1. The van der Waals surface area contributed by atoms with Crippen LogP contribution in [-0.4, -0.2) is 23.9 Å². The molecule has 0 radical (unpaired) electrons. The molecule has 1 aromatic carbocycles. The van der Waals surface area contributed by atoms with E-state index in [0.29, 0.717) is 16.3 Å². The molecule has 2 rings (SSSR count). The molecule has 5 heteroatoms. The number of nitrogens with zero attached hydrogens (tertiary/aromatic N) is 1. The van der Waals surface area contributed by atoms with Gasteiger partial charge >= 0.3 is 0 Å². The van der Waals surface area contributed by atoms with Crippen LogP contribution in [0.25, 0.3) is 0 Å². The lowest BCUT2D eigenvalue weighted by molar-refractivity contribution is 0.0745. The summed E-state index contributed by atoms with van der Waals surface area (Å²) in [6, 6.07) is 9.32. The fraction of sp³-hybridized carbons (Fsp3) is 0.267. The van der Waals surface area contributed by atoms with Gasteiger partial charge in [0.25, 0.3) is 5.91 Å². The standard InChI is InChI=1S/C15H17ClN2OS/c1-10(9-11-5-4-8-20-11)18(2)15(19)12-6-3-7-13(16)14(12)17/h3-8,10H,9,17H2,1-2H3. The highest BCUT2D eigenvalue weighted by Gasteiger charge is 2.20. The number of nitrogens with two attached hydrogens (primary N) is 1. The van der Waals surface area contributed by atoms with Gasteiger partial charge in [-0.1, -0.05) is 23.7 Å². The summed E-state index contributed by atoms with van der Waals surface area (Å²) in [5.74, 6) is -0.103. The van der Waals surface area contributed by atoms with E-state index >= 15 is 0 Å². The van der Waals surface area contributed by atoms with Gasteiger partial charge in [0.05, 0.1) is 16.3 Å². The molecule has 0 spiro atoms. The number of carbonyl (C=O) groups excluding carboxylic acids is 1. The first-order valence-corrected chi connectivity index (χ1v) is 7.60. The number of rotatable bonds is 4. The number of amides is 1. The van der Waals surface area contributed by atoms with Crippen molar-refractivity contribution in [2.24, 2.45) is 0 Å². The number of anilines is 1. The molecule has 0 fully saturated rings. The van der Waals surface area contributed by atoms with E-state index in [2.05, 4.69) is 6.07 Å². The number of para-hydroxylation sites is 1. The highest BCUT2D eigenvalue weighted by atomic mass is 35.5. The Morgan fingerprint density at radius 3 is 2.80 bits per heavy atom. The third kappa shape index (κ3) is 3.14. The third-order valence-electron chi connectivity index (χ3n) is 3.34. The Morgan fingerprint density at radius 1 is 1.40 bits per heavy atom. The molecule has 0 saturated heterocycles. The van der Waals surface area contributed by atoms with E-state index in [1.165, 1.54) is 4.88 Å². The summed E-state index contributed by atoms with van der Waals surface area (Å²) in [7, 11) is 1.79. The lowest BCUT2D eigenvalue weighted by Crippen LogP contribution is -2.36. The smallest absolute Gasteiger partial charge is 0.255 e. The molecule has 20 heavy (non-hydrogen) atoms. The number of thiophene rings is 1. The maximum Gasteiger partial charge on any atom is 0.255 e. The summed E-state index contributed by atoms with van der Waals surface area (Å²) in [4.78, 5) is 15.4. The molecule has 1 amide bonds. The minimum Gasteiger partial charge on any atom is -0.397 e. The van der Waals surface area contributed by atoms with E-state index in [9.17, 15) is 4.79 Å². The summed E-state index contributed by atoms with van der Waals surface area (Å²) in [5.41, 5.74) is 6.68. The SMILES string of the molecule is CC(Cc1cccs1)N(C)C(=O)c1cccc(Cl)c1N. The Labute approximate surface area is 128 Å². The van der Waals surface area contributed by atoms with Crippen molar-refractivity contribution in [1.82, 2.24) is 4.90 Å². The molecule has 1 aromatic heterocycles. The average Bonchev–Trinajstić information content (AvgIpc) is 2.93. The number of hydrogen-bond donors (Lipinski definition) is 1. The second-order valence-electron chi connectivity index (χ2n) is 4.75. The molecule has 106 valence electrons. The molecule has 0 aliphatic rings. The molecule has 0 bridgehead atoms. The molecule has 1 atom stereocenters. The molecule has 1 heterocycles. The average molecular weight is 309 g/mol. The maximum atomic E-state index is 12.5. The van der Waals surface area contributed by atoms with Crippen molar-refractivity contribution >= 4 is 34.5 Å². The van der Waals surface area contributed by atoms with Gasteiger partial charge in [-0.15, -0.1) is 11.3 Å². The number of carbonyl (C=O) groups is 1. The molecule has 0 saturated carbocycles. The number of nitrogen functional groups attached to an aromatic ring is 1. The zero-order valence-corrected chi connectivity index (χ0v) is 13.0. The highest BCUT2D eigenvalue weighted by Crippen LogP contribution is 2.24. The van der Waals surface area contributed by atoms with Crippen LogP contribution < -0.4 is 5.73 Å². The van der Waals surface area contributed by atoms with E-state index in [-0.39, 0.29) is 11.9 Å². The van der Waals surface area contributed by atoms with Crippen molar-refractivity contribution in [3.63, 3.8) is 0 Å². The summed E-state index contributed by atoms with van der Waals surface area (Å²) in [6.07, 6.45) is 0.834. The van der Waals surface area contributed by atoms with Gasteiger partial charge in [0, 0.05) is 24.4 Å². The fourth-order valence-corrected chi connectivity index (χ4v) is 2.97. The Hall–Kier alpha value is -1.52. The molecule has 1 unspecified atom stereocenters. The number of benzene rings is 1. The fourth-order valence-electron chi connectivity index (χ4n) is 1.97. The first-order chi connectivity index (χ1) is 9.50. The zero-order chi connectivity index (χ0) is 14.7. The van der Waals surface area contributed by atoms with Crippen molar-refractivity contribution in [3.8, 4) is 0 Å². The van der Waals surface area contributed by atoms with Crippen LogP contribution in [0.2, 0.25) is 5.02 Å². The Bertz CT molecular complexity index is 598. The predicted octanol–water partition coefficient (Wildman–Crippen LogP) is 3.69. The largest absolute Gasteiger partial charge is 0.397 e. The number of hydrogen-bond acceptors (Lipinski definition) is 3. The minimum atomic E-state index is -0.103. The quantitative estimate of drug-likeness (QED) is 0.876. The van der Waals surface area contributed by atoms with Crippen LogP contribution in [0.4, 0.5) is 5.69 Å². The van der Waals surface area contributed by atoms with Crippen molar-refractivity contribution in [2.45, 2.75) is 19.4 Å². The van der Waals surface area contributed by atoms with Gasteiger partial charge in [0.2, 0.25) is 0 Å². The van der Waals surface area contributed by atoms with Gasteiger partial charge in [-0.25, -0.2) is 0 Å². The van der Waals surface area contributed by atoms with Crippen LogP contribution in [0.5, 0.6) is 0 Å². The normalized spacial score (nSPS) is 12.2. The maximum absolute atomic E-state index is 12.5. The van der Waals surface area contributed by atoms with Gasteiger partial charge in [-0.2, -0.15) is 0 Å². The number of halogens is 1. The van der Waals surface area contributed by atoms with Gasteiger partial charge < -0.3 is 10.6 Å². The van der Waals surface area contributed by atoms with Crippen molar-refractivity contribution in [2.75, 3.05) is 12.8 Å². The summed E-state index contributed by atoms with van der Waals surface area (Å²) in [6.45, 7) is 2.03. The molecule has 2 aromatic rings. The second kappa shape index (κ2) is 6.29. The Balaban J connectivity index is 2.13. The van der Waals surface area contributed by atoms with Crippen molar-refractivity contribution < 1.29 is 4.79 Å². The van der Waals surface area contributed by atoms with Crippen molar-refractivity contribution in [3.05, 3.63) is 51.2 Å². The second-order valence-corrected chi connectivity index (χ2v) is 6.19. The molecular weight excluding hydrogens is 292 g/mol. The first kappa shape index (κ1) is 14.9. The van der Waals surface area contributed by atoms with E-state index in [1.54, 1.807) is 41.5 Å². The van der Waals surface area contributed by atoms with Crippen molar-refractivity contribution in [1.29, 1.82) is 0 Å². The first-order valence-electron chi connectivity index (χ1n) is 6.34. The van der Waals surface area contributed by atoms with E-state index in [4.69, 9.17) is 17.3 Å². The lowest BCUT2D eigenvalue weighted by Gasteiger charge is -2.25. The van der Waals surface area contributed by atoms with E-state index in [1.807, 2.05) is 18.4 Å². The molecule has 0 aliphatic heterocycles. The van der Waals surface area contributed by atoms with E-state index < -0.39 is 0 Å². The highest BCUT2D eigenvalue weighted by molar-refractivity contribution is 7.09. The monoisotopic (exact) mass is 308 g/mol. The van der Waals surface area contributed by atoms with Crippen LogP contribution in [0.3, 0.4) is 0 Å². The molecular formula is C15H17ClN2OS. The van der Waals surface area contributed by atoms with Crippen LogP contribution in [0.15, 0.2) is 35.7 Å². The Morgan fingerprint density at radius 2 is 2.15 bits per heavy atom.